The number of hydrogen-bond acceptors (Lipinski definition) is 5. The fourth-order valence-corrected chi connectivity index (χ4v) is 2.28. The van der Waals surface area contributed by atoms with Gasteiger partial charge in [0.2, 0.25) is 10.9 Å². The highest BCUT2D eigenvalue weighted by Crippen LogP contribution is 2.30. The number of nitrogens with one attached hydrogen (secondary N) is 1. The van der Waals surface area contributed by atoms with E-state index in [4.69, 9.17) is 4.42 Å². The van der Waals surface area contributed by atoms with Gasteiger partial charge in [-0.25, -0.2) is 4.98 Å². The molecule has 2 rings (SSSR count). The molecule has 0 saturated heterocycles. The molecule has 0 unspecified atom stereocenters. The highest BCUT2D eigenvalue weighted by atomic mass is 32.2. The number of fused-ring (bicyclic) bond motifs is 1. The van der Waals surface area contributed by atoms with Crippen LogP contribution in [-0.4, -0.2) is 19.2 Å². The standard InChI is InChI=1S/C8H11N3O3S/c1-8(2,3)7-10-5-6(9-4-14-5)15(12,13)11-7/h4H,1-3H3,(H,10,11). The molecule has 2 heterocycles. The first-order valence-electron chi connectivity index (χ1n) is 4.37. The van der Waals surface area contributed by atoms with Gasteiger partial charge in [-0.3, -0.25) is 0 Å². The fourth-order valence-electron chi connectivity index (χ4n) is 1.12. The van der Waals surface area contributed by atoms with Crippen molar-refractivity contribution < 1.29 is 12.8 Å². The third-order valence-electron chi connectivity index (χ3n) is 1.93. The summed E-state index contributed by atoms with van der Waals surface area (Å²) >= 11 is 0. The molecule has 82 valence electrons. The summed E-state index contributed by atoms with van der Waals surface area (Å²) in [6.07, 6.45) is 1.08. The fraction of sp³-hybridized carbons (Fsp3) is 0.500. The van der Waals surface area contributed by atoms with Gasteiger partial charge < -0.3 is 9.73 Å². The highest BCUT2D eigenvalue weighted by Gasteiger charge is 2.33. The second-order valence-corrected chi connectivity index (χ2v) is 5.80. The maximum Gasteiger partial charge on any atom is 0.307 e. The summed E-state index contributed by atoms with van der Waals surface area (Å²) in [4.78, 5) is 3.60. The lowest BCUT2D eigenvalue weighted by molar-refractivity contribution is 0.553. The van der Waals surface area contributed by atoms with Crippen molar-refractivity contribution in [2.75, 3.05) is 5.32 Å². The summed E-state index contributed by atoms with van der Waals surface area (Å²) in [7, 11) is -3.71. The van der Waals surface area contributed by atoms with E-state index in [1.54, 1.807) is 0 Å². The molecule has 0 amide bonds. The average Bonchev–Trinajstić information content (AvgIpc) is 2.49. The molecule has 0 aromatic carbocycles. The van der Waals surface area contributed by atoms with E-state index in [-0.39, 0.29) is 10.9 Å². The minimum atomic E-state index is -3.71. The maximum absolute atomic E-state index is 11.6. The predicted molar refractivity (Wildman–Crippen MR) is 54.2 cm³/mol. The predicted octanol–water partition coefficient (Wildman–Crippen LogP) is 1.23. The van der Waals surface area contributed by atoms with Gasteiger partial charge in [-0.05, 0) is 0 Å². The van der Waals surface area contributed by atoms with Gasteiger partial charge >= 0.3 is 10.0 Å². The van der Waals surface area contributed by atoms with Crippen LogP contribution in [0.1, 0.15) is 20.8 Å². The van der Waals surface area contributed by atoms with Crippen molar-refractivity contribution in [3.63, 3.8) is 0 Å². The molecule has 1 aliphatic heterocycles. The maximum atomic E-state index is 11.6. The molecule has 0 fully saturated rings. The number of sulfonamides is 1. The molecule has 1 aromatic rings. The summed E-state index contributed by atoms with van der Waals surface area (Å²) in [5.74, 6) is 0.488. The number of amidine groups is 1. The molecule has 1 aliphatic rings. The molecule has 0 radical (unpaired) electrons. The summed E-state index contributed by atoms with van der Waals surface area (Å²) in [5, 5.41) is 2.66. The number of rotatable bonds is 0. The van der Waals surface area contributed by atoms with Crippen LogP contribution in [-0.2, 0) is 10.0 Å². The van der Waals surface area contributed by atoms with Crippen LogP contribution in [0.15, 0.2) is 20.2 Å². The minimum Gasteiger partial charge on any atom is -0.426 e. The number of aromatic nitrogens is 1. The van der Waals surface area contributed by atoms with Crippen LogP contribution < -0.4 is 5.32 Å². The molecule has 6 nitrogen and oxygen atoms in total. The Morgan fingerprint density at radius 2 is 2.07 bits per heavy atom. The van der Waals surface area contributed by atoms with Gasteiger partial charge in [-0.15, -0.1) is 4.40 Å². The van der Waals surface area contributed by atoms with Crippen molar-refractivity contribution in [2.45, 2.75) is 25.8 Å². The molecular weight excluding hydrogens is 218 g/mol. The van der Waals surface area contributed by atoms with Crippen LogP contribution in [0.2, 0.25) is 0 Å². The van der Waals surface area contributed by atoms with Crippen LogP contribution in [0.3, 0.4) is 0 Å². The van der Waals surface area contributed by atoms with Crippen LogP contribution in [0.25, 0.3) is 0 Å². The van der Waals surface area contributed by atoms with E-state index in [9.17, 15) is 8.42 Å². The van der Waals surface area contributed by atoms with E-state index in [0.29, 0.717) is 5.84 Å². The van der Waals surface area contributed by atoms with Crippen molar-refractivity contribution in [3.8, 4) is 0 Å². The Balaban J connectivity index is 2.58. The summed E-state index contributed by atoms with van der Waals surface area (Å²) in [6.45, 7) is 5.57. The van der Waals surface area contributed by atoms with Gasteiger partial charge in [0.15, 0.2) is 6.39 Å². The first-order chi connectivity index (χ1) is 6.81. The van der Waals surface area contributed by atoms with Crippen LogP contribution >= 0.6 is 0 Å². The molecule has 0 spiro atoms. The lowest BCUT2D eigenvalue weighted by atomic mass is 9.95. The molecule has 15 heavy (non-hydrogen) atoms. The highest BCUT2D eigenvalue weighted by molar-refractivity contribution is 7.90. The quantitative estimate of drug-likeness (QED) is 0.723. The summed E-state index contributed by atoms with van der Waals surface area (Å²) in [5.41, 5.74) is -0.391. The summed E-state index contributed by atoms with van der Waals surface area (Å²) < 4.78 is 31.9. The van der Waals surface area contributed by atoms with Crippen molar-refractivity contribution >= 4 is 21.7 Å². The van der Waals surface area contributed by atoms with Crippen LogP contribution in [0.5, 0.6) is 0 Å². The third kappa shape index (κ3) is 1.63. The lowest BCUT2D eigenvalue weighted by Gasteiger charge is -2.23. The van der Waals surface area contributed by atoms with Gasteiger partial charge in [0.1, 0.15) is 5.84 Å². The molecule has 0 saturated carbocycles. The second kappa shape index (κ2) is 2.82. The molecule has 1 aromatic heterocycles. The van der Waals surface area contributed by atoms with Crippen LogP contribution in [0.4, 0.5) is 5.88 Å². The SMILES string of the molecule is CC(C)(C)C1=NS(=O)(=O)c2ncoc2N1. The number of nitrogens with zero attached hydrogens (tertiary/aromatic N) is 2. The molecule has 1 N–H and O–H groups in total. The van der Waals surface area contributed by atoms with Crippen molar-refractivity contribution in [3.05, 3.63) is 6.39 Å². The first kappa shape index (κ1) is 10.2. The molecular formula is C8H11N3O3S. The zero-order chi connectivity index (χ0) is 11.3. The number of anilines is 1. The Bertz CT molecular complexity index is 522. The Morgan fingerprint density at radius 1 is 1.40 bits per heavy atom. The van der Waals surface area contributed by atoms with E-state index in [1.165, 1.54) is 0 Å². The zero-order valence-electron chi connectivity index (χ0n) is 8.60. The Labute approximate surface area is 87.5 Å². The van der Waals surface area contributed by atoms with Crippen LogP contribution in [0, 0.1) is 5.41 Å². The topological polar surface area (TPSA) is 84.6 Å². The lowest BCUT2D eigenvalue weighted by Crippen LogP contribution is -2.32. The number of oxazole rings is 1. The van der Waals surface area contributed by atoms with E-state index < -0.39 is 15.4 Å². The smallest absolute Gasteiger partial charge is 0.307 e. The zero-order valence-corrected chi connectivity index (χ0v) is 9.42. The van der Waals surface area contributed by atoms with Gasteiger partial charge in [0.05, 0.1) is 0 Å². The second-order valence-electron chi connectivity index (χ2n) is 4.28. The Morgan fingerprint density at radius 3 is 2.67 bits per heavy atom. The van der Waals surface area contributed by atoms with Gasteiger partial charge in [0.25, 0.3) is 0 Å². The Hall–Kier alpha value is -1.37. The Kier molecular flexibility index (Phi) is 1.91. The molecule has 7 heteroatoms. The largest absolute Gasteiger partial charge is 0.426 e. The molecule has 0 aliphatic carbocycles. The minimum absolute atomic E-state index is 0.134. The molecule has 0 bridgehead atoms. The van der Waals surface area contributed by atoms with E-state index in [1.807, 2.05) is 20.8 Å². The molecule has 0 atom stereocenters. The number of hydrogen-bond donors (Lipinski definition) is 1. The average molecular weight is 229 g/mol. The third-order valence-corrected chi connectivity index (χ3v) is 3.14. The van der Waals surface area contributed by atoms with E-state index >= 15 is 0 Å². The van der Waals surface area contributed by atoms with Crippen molar-refractivity contribution in [2.24, 2.45) is 9.81 Å². The first-order valence-corrected chi connectivity index (χ1v) is 5.81. The van der Waals surface area contributed by atoms with Gasteiger partial charge in [-0.2, -0.15) is 8.42 Å². The van der Waals surface area contributed by atoms with Crippen molar-refractivity contribution in [1.82, 2.24) is 4.98 Å². The summed E-state index contributed by atoms with van der Waals surface area (Å²) in [6, 6.07) is 0. The van der Waals surface area contributed by atoms with Crippen molar-refractivity contribution in [1.29, 1.82) is 0 Å². The van der Waals surface area contributed by atoms with E-state index in [2.05, 4.69) is 14.7 Å². The van der Waals surface area contributed by atoms with E-state index in [0.717, 1.165) is 6.39 Å². The normalized spacial score (nSPS) is 19.0. The monoisotopic (exact) mass is 229 g/mol. The van der Waals surface area contributed by atoms with Gasteiger partial charge in [0, 0.05) is 5.41 Å². The van der Waals surface area contributed by atoms with Gasteiger partial charge in [-0.1, -0.05) is 20.8 Å².